The molecule has 1 heteroatoms. The van der Waals surface area contributed by atoms with E-state index in [1.807, 2.05) is 7.05 Å². The van der Waals surface area contributed by atoms with Crippen LogP contribution in [0.3, 0.4) is 0 Å². The quantitative estimate of drug-likeness (QED) is 0.625. The standard InChI is InChI=1S/C15H18N/c1-16-15-10-9-11-5-2-3-6-12(11)13-7-4-8-14(13)15/h2-3,5-7,13-14H,4,8-10H2,1H3. The van der Waals surface area contributed by atoms with Crippen LogP contribution in [0.25, 0.3) is 0 Å². The lowest BCUT2D eigenvalue weighted by atomic mass is 9.86. The highest BCUT2D eigenvalue weighted by Gasteiger charge is 2.35. The van der Waals surface area contributed by atoms with E-state index in [0.717, 1.165) is 6.42 Å². The van der Waals surface area contributed by atoms with Gasteiger partial charge in [-0.3, -0.25) is 4.99 Å². The molecule has 0 N–H and O–H groups in total. The van der Waals surface area contributed by atoms with Crippen molar-refractivity contribution in [2.75, 3.05) is 7.05 Å². The average Bonchev–Trinajstić information content (AvgIpc) is 2.74. The van der Waals surface area contributed by atoms with Crippen molar-refractivity contribution < 1.29 is 0 Å². The zero-order valence-electron chi connectivity index (χ0n) is 9.82. The summed E-state index contributed by atoms with van der Waals surface area (Å²) in [5.74, 6) is 1.33. The van der Waals surface area contributed by atoms with Gasteiger partial charge in [-0.1, -0.05) is 24.3 Å². The molecule has 0 amide bonds. The van der Waals surface area contributed by atoms with E-state index in [0.29, 0.717) is 11.8 Å². The molecule has 0 saturated heterocycles. The molecular formula is C15H18N. The monoisotopic (exact) mass is 212 g/mol. The molecule has 1 nitrogen and oxygen atoms in total. The molecule has 1 aromatic rings. The van der Waals surface area contributed by atoms with Gasteiger partial charge in [0.2, 0.25) is 0 Å². The van der Waals surface area contributed by atoms with Gasteiger partial charge in [0.15, 0.2) is 0 Å². The maximum atomic E-state index is 4.53. The smallest absolute Gasteiger partial charge is 0.0276 e. The summed E-state index contributed by atoms with van der Waals surface area (Å²) >= 11 is 0. The van der Waals surface area contributed by atoms with Gasteiger partial charge in [-0.2, -0.15) is 0 Å². The molecule has 1 fully saturated rings. The minimum atomic E-state index is 0.636. The highest BCUT2D eigenvalue weighted by Crippen LogP contribution is 2.43. The molecule has 0 heterocycles. The summed E-state index contributed by atoms with van der Waals surface area (Å²) in [6.07, 6.45) is 7.38. The summed E-state index contributed by atoms with van der Waals surface area (Å²) in [5, 5.41) is 0. The van der Waals surface area contributed by atoms with Gasteiger partial charge in [-0.05, 0) is 49.1 Å². The van der Waals surface area contributed by atoms with E-state index in [1.165, 1.54) is 30.5 Å². The van der Waals surface area contributed by atoms with Gasteiger partial charge < -0.3 is 0 Å². The molecule has 1 radical (unpaired) electrons. The molecule has 0 aliphatic heterocycles. The number of aliphatic imine (C=N–C) groups is 1. The highest BCUT2D eigenvalue weighted by atomic mass is 14.7. The maximum Gasteiger partial charge on any atom is 0.0276 e. The van der Waals surface area contributed by atoms with Crippen LogP contribution < -0.4 is 0 Å². The number of hydrogen-bond donors (Lipinski definition) is 0. The third-order valence-electron chi connectivity index (χ3n) is 4.11. The van der Waals surface area contributed by atoms with E-state index < -0.39 is 0 Å². The maximum absolute atomic E-state index is 4.53. The first-order valence-electron chi connectivity index (χ1n) is 6.27. The van der Waals surface area contributed by atoms with E-state index in [-0.39, 0.29) is 0 Å². The molecule has 16 heavy (non-hydrogen) atoms. The molecular weight excluding hydrogens is 194 g/mol. The van der Waals surface area contributed by atoms with Crippen molar-refractivity contribution in [2.24, 2.45) is 10.9 Å². The molecule has 3 rings (SSSR count). The van der Waals surface area contributed by atoms with Gasteiger partial charge >= 0.3 is 0 Å². The summed E-state index contributed by atoms with van der Waals surface area (Å²) in [5.41, 5.74) is 4.54. The van der Waals surface area contributed by atoms with Crippen LogP contribution in [0.2, 0.25) is 0 Å². The number of hydrogen-bond acceptors (Lipinski definition) is 1. The minimum absolute atomic E-state index is 0.636. The van der Waals surface area contributed by atoms with Crippen LogP contribution in [0, 0.1) is 12.3 Å². The number of rotatable bonds is 0. The summed E-state index contributed by atoms with van der Waals surface area (Å²) in [6.45, 7) is 0. The summed E-state index contributed by atoms with van der Waals surface area (Å²) < 4.78 is 0. The molecule has 83 valence electrons. The Bertz CT molecular complexity index is 419. The Morgan fingerprint density at radius 1 is 1.19 bits per heavy atom. The molecule has 1 aromatic carbocycles. The van der Waals surface area contributed by atoms with Crippen LogP contribution in [0.4, 0.5) is 0 Å². The van der Waals surface area contributed by atoms with Crippen LogP contribution >= 0.6 is 0 Å². The van der Waals surface area contributed by atoms with Crippen molar-refractivity contribution in [3.8, 4) is 0 Å². The van der Waals surface area contributed by atoms with Gasteiger partial charge in [0.1, 0.15) is 0 Å². The third kappa shape index (κ3) is 1.50. The van der Waals surface area contributed by atoms with Crippen molar-refractivity contribution in [3.05, 3.63) is 41.8 Å². The second-order valence-electron chi connectivity index (χ2n) is 4.86. The fourth-order valence-electron chi connectivity index (χ4n) is 3.33. The average molecular weight is 212 g/mol. The van der Waals surface area contributed by atoms with Gasteiger partial charge in [-0.25, -0.2) is 0 Å². The zero-order chi connectivity index (χ0) is 11.0. The van der Waals surface area contributed by atoms with Crippen LogP contribution in [-0.2, 0) is 6.42 Å². The highest BCUT2D eigenvalue weighted by molar-refractivity contribution is 5.89. The Balaban J connectivity index is 2.07. The lowest BCUT2D eigenvalue weighted by molar-refractivity contribution is 0.653. The first-order valence-corrected chi connectivity index (χ1v) is 6.27. The topological polar surface area (TPSA) is 12.4 Å². The minimum Gasteiger partial charge on any atom is -0.297 e. The number of benzene rings is 1. The number of aryl methyl sites for hydroxylation is 1. The Kier molecular flexibility index (Phi) is 2.55. The SMILES string of the molecule is CN=C1CCc2ccccc2C2[CH]CCC12. The largest absolute Gasteiger partial charge is 0.297 e. The van der Waals surface area contributed by atoms with Crippen LogP contribution in [0.5, 0.6) is 0 Å². The Morgan fingerprint density at radius 3 is 2.94 bits per heavy atom. The van der Waals surface area contributed by atoms with Crippen molar-refractivity contribution >= 4 is 5.71 Å². The molecule has 2 aliphatic rings. The molecule has 2 aliphatic carbocycles. The van der Waals surface area contributed by atoms with Crippen molar-refractivity contribution in [2.45, 2.75) is 31.6 Å². The first kappa shape index (κ1) is 10.1. The van der Waals surface area contributed by atoms with E-state index in [2.05, 4.69) is 35.7 Å². The summed E-state index contributed by atoms with van der Waals surface area (Å²) in [6, 6.07) is 8.94. The van der Waals surface area contributed by atoms with E-state index >= 15 is 0 Å². The van der Waals surface area contributed by atoms with Crippen molar-refractivity contribution in [3.63, 3.8) is 0 Å². The Hall–Kier alpha value is -1.11. The van der Waals surface area contributed by atoms with E-state index in [9.17, 15) is 0 Å². The van der Waals surface area contributed by atoms with Crippen molar-refractivity contribution in [1.29, 1.82) is 0 Å². The third-order valence-corrected chi connectivity index (χ3v) is 4.11. The van der Waals surface area contributed by atoms with Crippen LogP contribution in [-0.4, -0.2) is 12.8 Å². The fraction of sp³-hybridized carbons (Fsp3) is 0.467. The van der Waals surface area contributed by atoms with Gasteiger partial charge in [-0.15, -0.1) is 0 Å². The van der Waals surface area contributed by atoms with E-state index in [1.54, 1.807) is 5.56 Å². The normalized spacial score (nSPS) is 30.9. The molecule has 0 spiro atoms. The number of nitrogens with zero attached hydrogens (tertiary/aromatic N) is 1. The molecule has 1 saturated carbocycles. The van der Waals surface area contributed by atoms with Gasteiger partial charge in [0.25, 0.3) is 0 Å². The Labute approximate surface area is 97.6 Å². The molecule has 0 aromatic heterocycles. The number of fused-ring (bicyclic) bond motifs is 3. The summed E-state index contributed by atoms with van der Waals surface area (Å²) in [4.78, 5) is 4.53. The van der Waals surface area contributed by atoms with Crippen LogP contribution in [0.1, 0.15) is 36.3 Å². The van der Waals surface area contributed by atoms with Crippen molar-refractivity contribution in [1.82, 2.24) is 0 Å². The van der Waals surface area contributed by atoms with Gasteiger partial charge in [0.05, 0.1) is 0 Å². The zero-order valence-corrected chi connectivity index (χ0v) is 9.82. The first-order chi connectivity index (χ1) is 7.90. The fourth-order valence-corrected chi connectivity index (χ4v) is 3.33. The molecule has 2 atom stereocenters. The lowest BCUT2D eigenvalue weighted by Crippen LogP contribution is -2.15. The van der Waals surface area contributed by atoms with E-state index in [4.69, 9.17) is 0 Å². The Morgan fingerprint density at radius 2 is 2.06 bits per heavy atom. The molecule has 2 unspecified atom stereocenters. The predicted molar refractivity (Wildman–Crippen MR) is 67.9 cm³/mol. The molecule has 0 bridgehead atoms. The predicted octanol–water partition coefficient (Wildman–Crippen LogP) is 3.40. The second kappa shape index (κ2) is 4.04. The van der Waals surface area contributed by atoms with Crippen LogP contribution in [0.15, 0.2) is 29.3 Å². The van der Waals surface area contributed by atoms with Gasteiger partial charge in [0, 0.05) is 18.7 Å². The summed E-state index contributed by atoms with van der Waals surface area (Å²) in [7, 11) is 1.96. The lowest BCUT2D eigenvalue weighted by Gasteiger charge is -2.19. The second-order valence-corrected chi connectivity index (χ2v) is 4.86.